The Morgan fingerprint density at radius 1 is 1.10 bits per heavy atom. The van der Waals surface area contributed by atoms with E-state index in [-0.39, 0.29) is 35.1 Å². The molecule has 2 aliphatic carbocycles. The number of aromatic carboxylic acids is 1. The molecular formula is C22H26F2N4O3. The first-order chi connectivity index (χ1) is 14.8. The minimum Gasteiger partial charge on any atom is -0.477 e. The maximum atomic E-state index is 15.9. The lowest BCUT2D eigenvalue weighted by molar-refractivity contribution is 0.0695. The van der Waals surface area contributed by atoms with Gasteiger partial charge in [0.1, 0.15) is 11.3 Å². The van der Waals surface area contributed by atoms with E-state index in [0.717, 1.165) is 38.5 Å². The van der Waals surface area contributed by atoms with E-state index in [0.29, 0.717) is 13.1 Å². The highest BCUT2D eigenvalue weighted by Crippen LogP contribution is 2.44. The van der Waals surface area contributed by atoms with Gasteiger partial charge in [-0.25, -0.2) is 13.6 Å². The van der Waals surface area contributed by atoms with Gasteiger partial charge in [-0.15, -0.1) is 0 Å². The highest BCUT2D eigenvalue weighted by atomic mass is 19.1. The number of carboxylic acids is 1. The Kier molecular flexibility index (Phi) is 4.69. The van der Waals surface area contributed by atoms with Gasteiger partial charge in [0, 0.05) is 31.4 Å². The zero-order chi connectivity index (χ0) is 22.0. The van der Waals surface area contributed by atoms with Crippen LogP contribution in [0.3, 0.4) is 0 Å². The van der Waals surface area contributed by atoms with Crippen LogP contribution in [0.1, 0.15) is 54.9 Å². The molecule has 9 heteroatoms. The molecule has 0 amide bonds. The molecule has 5 N–H and O–H groups in total. The molecule has 0 radical (unpaired) electrons. The summed E-state index contributed by atoms with van der Waals surface area (Å²) in [6.45, 7) is 0.920. The van der Waals surface area contributed by atoms with Gasteiger partial charge in [-0.05, 0) is 37.5 Å². The number of hydrogen-bond donors (Lipinski definition) is 3. The summed E-state index contributed by atoms with van der Waals surface area (Å²) in [7, 11) is 0. The molecule has 1 saturated heterocycles. The molecule has 0 spiro atoms. The van der Waals surface area contributed by atoms with Crippen LogP contribution in [-0.2, 0) is 0 Å². The van der Waals surface area contributed by atoms with Crippen molar-refractivity contribution in [2.75, 3.05) is 23.7 Å². The van der Waals surface area contributed by atoms with Crippen molar-refractivity contribution in [1.29, 1.82) is 0 Å². The third-order valence-electron chi connectivity index (χ3n) is 7.26. The quantitative estimate of drug-likeness (QED) is 0.643. The number of halogens is 2. The van der Waals surface area contributed by atoms with E-state index in [1.807, 2.05) is 0 Å². The van der Waals surface area contributed by atoms with Crippen LogP contribution in [0.2, 0.25) is 0 Å². The lowest BCUT2D eigenvalue weighted by atomic mass is 9.88. The highest BCUT2D eigenvalue weighted by molar-refractivity contribution is 5.99. The summed E-state index contributed by atoms with van der Waals surface area (Å²) < 4.78 is 32.8. The molecule has 166 valence electrons. The second-order valence-electron chi connectivity index (χ2n) is 9.21. The standard InChI is InChI=1S/C22H26F2N4O3/c23-16-18(26)15-19(28(11-5-6-11)9-13(21(15)29)22(30)31)17(24)20(16)27-7-10-3-1-2-4-14(25)12(10)8-27/h9-12,14H,1-8,25-26H2,(H,30,31)/t10-,12+,14-/m1/s1. The normalized spacial score (nSPS) is 26.2. The largest absolute Gasteiger partial charge is 0.477 e. The Morgan fingerprint density at radius 2 is 1.81 bits per heavy atom. The van der Waals surface area contributed by atoms with Crippen LogP contribution in [0.25, 0.3) is 10.9 Å². The molecule has 1 aliphatic heterocycles. The fourth-order valence-corrected chi connectivity index (χ4v) is 5.49. The molecule has 5 rings (SSSR count). The second kappa shape index (κ2) is 7.19. The molecule has 1 aromatic heterocycles. The third kappa shape index (κ3) is 3.09. The average Bonchev–Trinajstić information content (AvgIpc) is 3.51. The number of aromatic nitrogens is 1. The lowest BCUT2D eigenvalue weighted by Crippen LogP contribution is -2.34. The van der Waals surface area contributed by atoms with E-state index in [1.165, 1.54) is 10.8 Å². The van der Waals surface area contributed by atoms with Crippen LogP contribution >= 0.6 is 0 Å². The Hall–Kier alpha value is -2.68. The zero-order valence-corrected chi connectivity index (χ0v) is 17.1. The van der Waals surface area contributed by atoms with Crippen LogP contribution in [0.15, 0.2) is 11.0 Å². The van der Waals surface area contributed by atoms with Gasteiger partial charge in [-0.3, -0.25) is 4.79 Å². The fraction of sp³-hybridized carbons (Fsp3) is 0.545. The Balaban J connectivity index is 1.71. The maximum Gasteiger partial charge on any atom is 0.341 e. The van der Waals surface area contributed by atoms with Gasteiger partial charge in [-0.1, -0.05) is 12.8 Å². The third-order valence-corrected chi connectivity index (χ3v) is 7.26. The molecule has 0 bridgehead atoms. The molecule has 3 fully saturated rings. The first kappa shape index (κ1) is 20.2. The lowest BCUT2D eigenvalue weighted by Gasteiger charge is -2.24. The molecule has 2 aromatic rings. The summed E-state index contributed by atoms with van der Waals surface area (Å²) in [5.74, 6) is -2.89. The topological polar surface area (TPSA) is 115 Å². The van der Waals surface area contributed by atoms with Gasteiger partial charge < -0.3 is 26.0 Å². The summed E-state index contributed by atoms with van der Waals surface area (Å²) >= 11 is 0. The van der Waals surface area contributed by atoms with Gasteiger partial charge in [0.15, 0.2) is 11.6 Å². The Bertz CT molecular complexity index is 1140. The molecule has 1 aromatic carbocycles. The molecule has 7 nitrogen and oxygen atoms in total. The summed E-state index contributed by atoms with van der Waals surface area (Å²) in [6, 6.07) is -0.143. The first-order valence-electron chi connectivity index (χ1n) is 10.9. The monoisotopic (exact) mass is 432 g/mol. The number of nitrogen functional groups attached to an aromatic ring is 1. The molecule has 31 heavy (non-hydrogen) atoms. The average molecular weight is 432 g/mol. The summed E-state index contributed by atoms with van der Waals surface area (Å²) in [6.07, 6.45) is 6.61. The van der Waals surface area contributed by atoms with Crippen molar-refractivity contribution in [2.45, 2.75) is 50.6 Å². The predicted octanol–water partition coefficient (Wildman–Crippen LogP) is 2.85. The number of pyridine rings is 1. The van der Waals surface area contributed by atoms with Crippen molar-refractivity contribution in [1.82, 2.24) is 4.57 Å². The predicted molar refractivity (Wildman–Crippen MR) is 113 cm³/mol. The van der Waals surface area contributed by atoms with Gasteiger partial charge in [0.2, 0.25) is 5.43 Å². The SMILES string of the molecule is Nc1c(F)c(N2C[C@H]3CCCC[C@@H](N)[C@H]3C2)c(F)c2c1c(=O)c(C(=O)O)cn2C1CC1. The minimum atomic E-state index is -1.45. The van der Waals surface area contributed by atoms with Gasteiger partial charge >= 0.3 is 5.97 Å². The Morgan fingerprint density at radius 3 is 2.48 bits per heavy atom. The van der Waals surface area contributed by atoms with Crippen LogP contribution in [0.4, 0.5) is 20.2 Å². The number of carboxylic acid groups (broad SMARTS) is 1. The summed E-state index contributed by atoms with van der Waals surface area (Å²) in [5.41, 5.74) is 10.0. The van der Waals surface area contributed by atoms with Crippen LogP contribution < -0.4 is 21.8 Å². The van der Waals surface area contributed by atoms with Crippen LogP contribution in [0, 0.1) is 23.5 Å². The number of anilines is 2. The van der Waals surface area contributed by atoms with Gasteiger partial charge in [0.05, 0.1) is 16.6 Å². The van der Waals surface area contributed by atoms with E-state index in [4.69, 9.17) is 11.5 Å². The fourth-order valence-electron chi connectivity index (χ4n) is 5.49. The number of rotatable bonds is 3. The molecule has 3 atom stereocenters. The molecule has 3 aliphatic rings. The molecular weight excluding hydrogens is 406 g/mol. The Labute approximate surface area is 177 Å². The number of fused-ring (bicyclic) bond motifs is 2. The van der Waals surface area contributed by atoms with Crippen molar-refractivity contribution >= 4 is 28.2 Å². The van der Waals surface area contributed by atoms with Crippen molar-refractivity contribution in [2.24, 2.45) is 17.6 Å². The number of nitrogens with two attached hydrogens (primary N) is 2. The summed E-state index contributed by atoms with van der Waals surface area (Å²) in [5, 5.41) is 9.02. The molecule has 2 saturated carbocycles. The van der Waals surface area contributed by atoms with Crippen LogP contribution in [0.5, 0.6) is 0 Å². The van der Waals surface area contributed by atoms with Crippen molar-refractivity contribution in [3.8, 4) is 0 Å². The first-order valence-corrected chi connectivity index (χ1v) is 10.9. The van der Waals surface area contributed by atoms with E-state index in [9.17, 15) is 14.7 Å². The van der Waals surface area contributed by atoms with Crippen molar-refractivity contribution in [3.63, 3.8) is 0 Å². The van der Waals surface area contributed by atoms with Crippen LogP contribution in [-0.4, -0.2) is 34.8 Å². The van der Waals surface area contributed by atoms with E-state index in [2.05, 4.69) is 0 Å². The van der Waals surface area contributed by atoms with Crippen molar-refractivity contribution in [3.05, 3.63) is 33.6 Å². The number of carbonyl (C=O) groups is 1. The van der Waals surface area contributed by atoms with Gasteiger partial charge in [-0.2, -0.15) is 0 Å². The maximum absolute atomic E-state index is 15.9. The van der Waals surface area contributed by atoms with E-state index >= 15 is 8.78 Å². The second-order valence-corrected chi connectivity index (χ2v) is 9.21. The van der Waals surface area contributed by atoms with Gasteiger partial charge in [0.25, 0.3) is 0 Å². The molecule has 2 heterocycles. The minimum absolute atomic E-state index is 0.0100. The number of benzene rings is 1. The number of nitrogens with zero attached hydrogens (tertiary/aromatic N) is 2. The zero-order valence-electron chi connectivity index (χ0n) is 17.1. The molecule has 0 unspecified atom stereocenters. The highest BCUT2D eigenvalue weighted by Gasteiger charge is 2.41. The number of hydrogen-bond acceptors (Lipinski definition) is 5. The summed E-state index contributed by atoms with van der Waals surface area (Å²) in [4.78, 5) is 26.0. The smallest absolute Gasteiger partial charge is 0.341 e. The van der Waals surface area contributed by atoms with E-state index < -0.39 is 39.7 Å². The van der Waals surface area contributed by atoms with Crippen molar-refractivity contribution < 1.29 is 18.7 Å². The van der Waals surface area contributed by atoms with E-state index in [1.54, 1.807) is 4.90 Å².